The third-order valence-electron chi connectivity index (χ3n) is 6.01. The molecule has 37 heavy (non-hydrogen) atoms. The maximum Gasteiger partial charge on any atom is 0.411 e. The minimum Gasteiger partial charge on any atom is -0.343 e. The lowest BCUT2D eigenvalue weighted by molar-refractivity contribution is -0.0909. The van der Waals surface area contributed by atoms with Gasteiger partial charge in [0.25, 0.3) is 0 Å². The molecule has 6 nitrogen and oxygen atoms in total. The number of sulfonamides is 1. The number of fused-ring (bicyclic) bond motifs is 1. The van der Waals surface area contributed by atoms with Crippen LogP contribution in [-0.4, -0.2) is 46.3 Å². The minimum atomic E-state index is -4.19. The molecule has 2 N–H and O–H groups in total. The van der Waals surface area contributed by atoms with Gasteiger partial charge in [0.15, 0.2) is 0 Å². The Hall–Kier alpha value is -2.50. The predicted molar refractivity (Wildman–Crippen MR) is 142 cm³/mol. The molecule has 202 valence electrons. The molecule has 3 aromatic rings. The molecule has 1 aliphatic rings. The summed E-state index contributed by atoms with van der Waals surface area (Å²) in [6.07, 6.45) is -1.20. The van der Waals surface area contributed by atoms with Crippen molar-refractivity contribution < 1.29 is 25.8 Å². The Balaban J connectivity index is 0.000000479. The lowest BCUT2D eigenvalue weighted by Crippen LogP contribution is -2.39. The second-order valence-electron chi connectivity index (χ2n) is 10.1. The van der Waals surface area contributed by atoms with E-state index in [9.17, 15) is 25.8 Å². The molecule has 0 amide bonds. The molecule has 1 aromatic carbocycles. The lowest BCUT2D eigenvalue weighted by atomic mass is 9.92. The van der Waals surface area contributed by atoms with E-state index in [1.54, 1.807) is 18.3 Å². The number of hydrogen-bond acceptors (Lipinski definition) is 4. The molecule has 0 unspecified atom stereocenters. The van der Waals surface area contributed by atoms with Gasteiger partial charge in [-0.3, -0.25) is 4.21 Å². The quantitative estimate of drug-likeness (QED) is 0.396. The van der Waals surface area contributed by atoms with Crippen LogP contribution in [0, 0.1) is 0 Å². The fourth-order valence-corrected chi connectivity index (χ4v) is 6.30. The molecule has 1 saturated heterocycles. The highest BCUT2D eigenvalue weighted by atomic mass is 32.2. The van der Waals surface area contributed by atoms with E-state index in [0.717, 1.165) is 34.8 Å². The number of alkyl halides is 3. The van der Waals surface area contributed by atoms with Crippen LogP contribution in [-0.2, 0) is 26.2 Å². The number of rotatable bonds is 4. The highest BCUT2D eigenvalue weighted by Gasteiger charge is 2.27. The van der Waals surface area contributed by atoms with Crippen LogP contribution in [0.4, 0.5) is 13.2 Å². The second kappa shape index (κ2) is 11.1. The van der Waals surface area contributed by atoms with E-state index < -0.39 is 32.6 Å². The number of hydrogen-bond donors (Lipinski definition) is 2. The van der Waals surface area contributed by atoms with Crippen LogP contribution < -0.4 is 4.72 Å². The van der Waals surface area contributed by atoms with Gasteiger partial charge in [-0.05, 0) is 55.2 Å². The predicted octanol–water partition coefficient (Wildman–Crippen LogP) is 5.84. The average molecular weight is 556 g/mol. The molecular formula is C26H32F3N3O3S2. The molecule has 0 atom stereocenters. The minimum absolute atomic E-state index is 0.0205. The molecule has 1 aliphatic heterocycles. The molecule has 0 radical (unpaired) electrons. The van der Waals surface area contributed by atoms with E-state index in [1.165, 1.54) is 0 Å². The number of aromatic amines is 1. The molecule has 4 rings (SSSR count). The van der Waals surface area contributed by atoms with Gasteiger partial charge in [0.2, 0.25) is 10.0 Å². The van der Waals surface area contributed by atoms with Crippen LogP contribution in [0.25, 0.3) is 22.2 Å². The first-order valence-electron chi connectivity index (χ1n) is 11.8. The molecule has 11 heteroatoms. The third kappa shape index (κ3) is 7.52. The lowest BCUT2D eigenvalue weighted by Gasteiger charge is -2.22. The van der Waals surface area contributed by atoms with Crippen LogP contribution in [0.3, 0.4) is 0 Å². The summed E-state index contributed by atoms with van der Waals surface area (Å²) in [7, 11) is -4.42. The third-order valence-corrected chi connectivity index (χ3v) is 8.93. The summed E-state index contributed by atoms with van der Waals surface area (Å²) in [5.74, 6) is 1.11. The summed E-state index contributed by atoms with van der Waals surface area (Å²) in [5, 5.41) is 1.02. The summed E-state index contributed by atoms with van der Waals surface area (Å²) < 4.78 is 73.0. The molecule has 0 aliphatic carbocycles. The molecule has 3 heterocycles. The van der Waals surface area contributed by atoms with Crippen molar-refractivity contribution in [2.75, 3.05) is 11.5 Å². The summed E-state index contributed by atoms with van der Waals surface area (Å²) in [6, 6.07) is 10.9. The summed E-state index contributed by atoms with van der Waals surface area (Å²) in [5.41, 5.74) is 3.10. The van der Waals surface area contributed by atoms with Crippen molar-refractivity contribution in [3.8, 4) is 11.1 Å². The van der Waals surface area contributed by atoms with Gasteiger partial charge in [0, 0.05) is 56.6 Å². The number of H-pyrrole nitrogens is 1. The van der Waals surface area contributed by atoms with Gasteiger partial charge in [-0.25, -0.2) is 18.1 Å². The Morgan fingerprint density at radius 3 is 2.19 bits per heavy atom. The van der Waals surface area contributed by atoms with Gasteiger partial charge >= 0.3 is 6.18 Å². The first-order valence-corrected chi connectivity index (χ1v) is 14.7. The fourth-order valence-electron chi connectivity index (χ4n) is 3.70. The molecule has 1 fully saturated rings. The summed E-state index contributed by atoms with van der Waals surface area (Å²) >= 11 is 0. The Morgan fingerprint density at radius 2 is 1.68 bits per heavy atom. The van der Waals surface area contributed by atoms with Gasteiger partial charge in [0.05, 0.1) is 4.90 Å². The van der Waals surface area contributed by atoms with Crippen LogP contribution in [0.1, 0.15) is 46.2 Å². The second-order valence-corrected chi connectivity index (χ2v) is 13.5. The van der Waals surface area contributed by atoms with E-state index >= 15 is 0 Å². The maximum absolute atomic E-state index is 12.8. The van der Waals surface area contributed by atoms with E-state index in [2.05, 4.69) is 48.1 Å². The number of nitrogens with zero attached hydrogens (tertiary/aromatic N) is 1. The normalized spacial score (nSPS) is 18.8. The number of halogens is 3. The average Bonchev–Trinajstić information content (AvgIpc) is 3.26. The van der Waals surface area contributed by atoms with Gasteiger partial charge in [-0.15, -0.1) is 0 Å². The molecule has 2 aromatic heterocycles. The van der Waals surface area contributed by atoms with Crippen molar-refractivity contribution in [1.82, 2.24) is 14.7 Å². The maximum atomic E-state index is 12.8. The van der Waals surface area contributed by atoms with Crippen molar-refractivity contribution in [3.05, 3.63) is 60.4 Å². The van der Waals surface area contributed by atoms with Crippen LogP contribution in [0.2, 0.25) is 0 Å². The Bertz CT molecular complexity index is 1380. The zero-order chi connectivity index (χ0) is 27.6. The van der Waals surface area contributed by atoms with Gasteiger partial charge in [0.1, 0.15) is 5.65 Å². The highest BCUT2D eigenvalue weighted by Crippen LogP contribution is 2.32. The summed E-state index contributed by atoms with van der Waals surface area (Å²) in [6.45, 7) is 10.1. The van der Waals surface area contributed by atoms with Crippen molar-refractivity contribution >= 4 is 31.9 Å². The number of pyridine rings is 1. The van der Waals surface area contributed by atoms with Crippen molar-refractivity contribution in [1.29, 1.82) is 0 Å². The monoisotopic (exact) mass is 555 g/mol. The number of aromatic nitrogens is 2. The van der Waals surface area contributed by atoms with Crippen molar-refractivity contribution in [2.24, 2.45) is 0 Å². The molecule has 0 saturated carbocycles. The zero-order valence-corrected chi connectivity index (χ0v) is 22.9. The Morgan fingerprint density at radius 1 is 1.11 bits per heavy atom. The molecular weight excluding hydrogens is 523 g/mol. The SMILES string of the molecule is C=C(C)C(F)(F)F.CC(C)(C)c1cc2c(-c3ccc(S(=O)(=O)NC4CCS(=O)CC4)cc3)ccnc2[nH]1. The zero-order valence-electron chi connectivity index (χ0n) is 21.3. The molecule has 0 spiro atoms. The Kier molecular flexibility index (Phi) is 8.71. The topological polar surface area (TPSA) is 91.9 Å². The standard InChI is InChI=1S/C22H27N3O3S2.C4H5F3/c1-22(2,3)20-14-19-18(8-11-23-21(19)24-20)15-4-6-17(7-5-15)30(27,28)25-16-9-12-29(26)13-10-16;1-3(2)4(5,6)7/h4-8,11,14,16,25H,9-10,12-13H2,1-3H3,(H,23,24);1H2,2H3. The fraction of sp³-hybridized carbons (Fsp3) is 0.423. The number of benzene rings is 1. The first kappa shape index (κ1) is 29.1. The number of nitrogens with one attached hydrogen (secondary N) is 2. The van der Waals surface area contributed by atoms with Crippen LogP contribution >= 0.6 is 0 Å². The number of allylic oxidation sites excluding steroid dienone is 1. The van der Waals surface area contributed by atoms with E-state index in [0.29, 0.717) is 24.3 Å². The Labute approximate surface area is 218 Å². The van der Waals surface area contributed by atoms with E-state index in [4.69, 9.17) is 0 Å². The van der Waals surface area contributed by atoms with Crippen LogP contribution in [0.15, 0.2) is 59.6 Å². The van der Waals surface area contributed by atoms with Gasteiger partial charge < -0.3 is 4.98 Å². The first-order chi connectivity index (χ1) is 17.1. The summed E-state index contributed by atoms with van der Waals surface area (Å²) in [4.78, 5) is 8.08. The van der Waals surface area contributed by atoms with Crippen molar-refractivity contribution in [3.63, 3.8) is 0 Å². The van der Waals surface area contributed by atoms with Crippen molar-refractivity contribution in [2.45, 2.75) is 63.1 Å². The highest BCUT2D eigenvalue weighted by molar-refractivity contribution is 7.89. The van der Waals surface area contributed by atoms with E-state index in [1.807, 2.05) is 18.2 Å². The van der Waals surface area contributed by atoms with Gasteiger partial charge in [-0.1, -0.05) is 39.5 Å². The molecule has 0 bridgehead atoms. The van der Waals surface area contributed by atoms with Crippen LogP contribution in [0.5, 0.6) is 0 Å². The smallest absolute Gasteiger partial charge is 0.343 e. The van der Waals surface area contributed by atoms with Gasteiger partial charge in [-0.2, -0.15) is 13.2 Å². The van der Waals surface area contributed by atoms with E-state index in [-0.39, 0.29) is 16.4 Å². The largest absolute Gasteiger partial charge is 0.411 e.